The molecule has 1 atom stereocenters. The summed E-state index contributed by atoms with van der Waals surface area (Å²) in [5.74, 6) is 0.615. The Morgan fingerprint density at radius 2 is 1.73 bits per heavy atom. The van der Waals surface area contributed by atoms with Gasteiger partial charge in [0.15, 0.2) is 0 Å². The second kappa shape index (κ2) is 8.23. The molecular weight excluding hydrogens is 372 g/mol. The smallest absolute Gasteiger partial charge is 0.410 e. The van der Waals surface area contributed by atoms with Gasteiger partial charge < -0.3 is 15.0 Å². The van der Waals surface area contributed by atoms with E-state index < -0.39 is 0 Å². The average Bonchev–Trinajstić information content (AvgIpc) is 3.16. The van der Waals surface area contributed by atoms with Crippen LogP contribution in [0.5, 0.6) is 5.75 Å². The van der Waals surface area contributed by atoms with Gasteiger partial charge in [-0.15, -0.1) is 0 Å². The SMILES string of the molecule is O=C(NC1CCc2ccccc2C1)Oc1ccc2c(c1)CCN2Cc1ccccc1. The summed E-state index contributed by atoms with van der Waals surface area (Å²) in [6, 6.07) is 25.1. The molecule has 0 spiro atoms. The van der Waals surface area contributed by atoms with Gasteiger partial charge in [0.2, 0.25) is 0 Å². The van der Waals surface area contributed by atoms with Gasteiger partial charge in [-0.05, 0) is 66.1 Å². The molecule has 152 valence electrons. The van der Waals surface area contributed by atoms with Crippen LogP contribution in [0, 0.1) is 0 Å². The van der Waals surface area contributed by atoms with Crippen LogP contribution in [0.25, 0.3) is 0 Å². The molecule has 0 aromatic heterocycles. The average molecular weight is 399 g/mol. The third-order valence-electron chi connectivity index (χ3n) is 6.14. The molecule has 1 amide bonds. The molecule has 0 saturated carbocycles. The number of anilines is 1. The maximum Gasteiger partial charge on any atom is 0.412 e. The largest absolute Gasteiger partial charge is 0.412 e. The van der Waals surface area contributed by atoms with Crippen molar-refractivity contribution in [1.29, 1.82) is 0 Å². The zero-order valence-corrected chi connectivity index (χ0v) is 17.0. The minimum absolute atomic E-state index is 0.128. The van der Waals surface area contributed by atoms with Crippen molar-refractivity contribution in [3.05, 3.63) is 95.1 Å². The normalized spacial score (nSPS) is 17.2. The van der Waals surface area contributed by atoms with E-state index in [1.165, 1.54) is 27.9 Å². The van der Waals surface area contributed by atoms with Gasteiger partial charge in [0.1, 0.15) is 5.75 Å². The molecule has 4 nitrogen and oxygen atoms in total. The van der Waals surface area contributed by atoms with Crippen LogP contribution in [-0.4, -0.2) is 18.7 Å². The van der Waals surface area contributed by atoms with Gasteiger partial charge in [0.25, 0.3) is 0 Å². The number of fused-ring (bicyclic) bond motifs is 2. The maximum atomic E-state index is 12.5. The van der Waals surface area contributed by atoms with Crippen LogP contribution in [0.1, 0.15) is 28.7 Å². The van der Waals surface area contributed by atoms with E-state index in [2.05, 4.69) is 64.8 Å². The van der Waals surface area contributed by atoms with E-state index in [9.17, 15) is 4.79 Å². The molecular formula is C26H26N2O2. The molecule has 1 heterocycles. The summed E-state index contributed by atoms with van der Waals surface area (Å²) in [6.07, 6.45) is 3.42. The lowest BCUT2D eigenvalue weighted by Gasteiger charge is -2.25. The van der Waals surface area contributed by atoms with E-state index in [1.54, 1.807) is 0 Å². The monoisotopic (exact) mass is 398 g/mol. The van der Waals surface area contributed by atoms with Crippen molar-refractivity contribution in [2.75, 3.05) is 11.4 Å². The lowest BCUT2D eigenvalue weighted by atomic mass is 9.88. The van der Waals surface area contributed by atoms with Gasteiger partial charge in [0.05, 0.1) is 0 Å². The minimum Gasteiger partial charge on any atom is -0.410 e. The number of nitrogens with zero attached hydrogens (tertiary/aromatic N) is 1. The Bertz CT molecular complexity index is 1050. The Kier molecular flexibility index (Phi) is 5.14. The fourth-order valence-corrected chi connectivity index (χ4v) is 4.60. The predicted octanol–water partition coefficient (Wildman–Crippen LogP) is 4.90. The number of hydrogen-bond donors (Lipinski definition) is 1. The molecule has 1 N–H and O–H groups in total. The lowest BCUT2D eigenvalue weighted by molar-refractivity contribution is 0.194. The quantitative estimate of drug-likeness (QED) is 0.680. The highest BCUT2D eigenvalue weighted by Gasteiger charge is 2.22. The number of aryl methyl sites for hydroxylation is 1. The van der Waals surface area contributed by atoms with E-state index in [4.69, 9.17) is 4.74 Å². The van der Waals surface area contributed by atoms with Gasteiger partial charge in [-0.2, -0.15) is 0 Å². The summed E-state index contributed by atoms with van der Waals surface area (Å²) >= 11 is 0. The molecule has 1 aliphatic carbocycles. The Morgan fingerprint density at radius 3 is 2.60 bits per heavy atom. The van der Waals surface area contributed by atoms with Gasteiger partial charge in [-0.1, -0.05) is 54.6 Å². The number of carbonyl (C=O) groups excluding carboxylic acids is 1. The molecule has 0 fully saturated rings. The van der Waals surface area contributed by atoms with Crippen LogP contribution in [0.15, 0.2) is 72.8 Å². The van der Waals surface area contributed by atoms with E-state index in [0.717, 1.165) is 38.8 Å². The Morgan fingerprint density at radius 1 is 0.933 bits per heavy atom. The van der Waals surface area contributed by atoms with Crippen LogP contribution in [0.3, 0.4) is 0 Å². The molecule has 3 aromatic rings. The first-order valence-corrected chi connectivity index (χ1v) is 10.7. The summed E-state index contributed by atoms with van der Waals surface area (Å²) in [5.41, 5.74) is 6.49. The van der Waals surface area contributed by atoms with E-state index in [1.807, 2.05) is 18.2 Å². The molecule has 30 heavy (non-hydrogen) atoms. The molecule has 0 bridgehead atoms. The van der Waals surface area contributed by atoms with Crippen LogP contribution in [0.4, 0.5) is 10.5 Å². The maximum absolute atomic E-state index is 12.5. The second-order valence-electron chi connectivity index (χ2n) is 8.19. The zero-order valence-electron chi connectivity index (χ0n) is 17.0. The summed E-state index contributed by atoms with van der Waals surface area (Å²) in [7, 11) is 0. The first-order chi connectivity index (χ1) is 14.7. The van der Waals surface area contributed by atoms with E-state index in [0.29, 0.717) is 5.75 Å². The first kappa shape index (κ1) is 18.7. The number of amides is 1. The molecule has 4 heteroatoms. The summed E-state index contributed by atoms with van der Waals surface area (Å²) < 4.78 is 5.62. The molecule has 1 aliphatic heterocycles. The van der Waals surface area contributed by atoms with Gasteiger partial charge in [-0.25, -0.2) is 4.79 Å². The zero-order chi connectivity index (χ0) is 20.3. The fraction of sp³-hybridized carbons (Fsp3) is 0.269. The number of benzene rings is 3. The Balaban J connectivity index is 1.20. The number of nitrogens with one attached hydrogen (secondary N) is 1. The topological polar surface area (TPSA) is 41.6 Å². The van der Waals surface area contributed by atoms with E-state index in [-0.39, 0.29) is 12.1 Å². The number of rotatable bonds is 4. The standard InChI is InChI=1S/C26H26N2O2/c29-26(27-23-11-10-20-8-4-5-9-21(20)16-23)30-24-12-13-25-22(17-24)14-15-28(25)18-19-6-2-1-3-7-19/h1-9,12-13,17,23H,10-11,14-16,18H2,(H,27,29). The van der Waals surface area contributed by atoms with Crippen LogP contribution in [0.2, 0.25) is 0 Å². The number of carbonyl (C=O) groups is 1. The Hall–Kier alpha value is -3.27. The number of hydrogen-bond acceptors (Lipinski definition) is 3. The van der Waals surface area contributed by atoms with Crippen molar-refractivity contribution in [2.45, 2.75) is 38.3 Å². The van der Waals surface area contributed by atoms with Crippen LogP contribution >= 0.6 is 0 Å². The highest BCUT2D eigenvalue weighted by Crippen LogP contribution is 2.32. The molecule has 5 rings (SSSR count). The van der Waals surface area contributed by atoms with Crippen molar-refractivity contribution < 1.29 is 9.53 Å². The van der Waals surface area contributed by atoms with Gasteiger partial charge in [0, 0.05) is 24.8 Å². The van der Waals surface area contributed by atoms with Crippen molar-refractivity contribution in [1.82, 2.24) is 5.32 Å². The molecule has 1 unspecified atom stereocenters. The van der Waals surface area contributed by atoms with Crippen molar-refractivity contribution in [2.24, 2.45) is 0 Å². The third-order valence-corrected chi connectivity index (χ3v) is 6.14. The van der Waals surface area contributed by atoms with Crippen LogP contribution in [-0.2, 0) is 25.8 Å². The van der Waals surface area contributed by atoms with Crippen molar-refractivity contribution in [3.8, 4) is 5.75 Å². The number of ether oxygens (including phenoxy) is 1. The van der Waals surface area contributed by atoms with Gasteiger partial charge in [-0.3, -0.25) is 0 Å². The summed E-state index contributed by atoms with van der Waals surface area (Å²) in [6.45, 7) is 1.89. The van der Waals surface area contributed by atoms with Crippen molar-refractivity contribution in [3.63, 3.8) is 0 Å². The van der Waals surface area contributed by atoms with Gasteiger partial charge >= 0.3 is 6.09 Å². The minimum atomic E-state index is -0.363. The van der Waals surface area contributed by atoms with Crippen molar-refractivity contribution >= 4 is 11.8 Å². The van der Waals surface area contributed by atoms with Crippen LogP contribution < -0.4 is 15.0 Å². The highest BCUT2D eigenvalue weighted by atomic mass is 16.6. The Labute approximate surface area is 177 Å². The molecule has 0 saturated heterocycles. The fourth-order valence-electron chi connectivity index (χ4n) is 4.60. The highest BCUT2D eigenvalue weighted by molar-refractivity contribution is 5.72. The molecule has 2 aliphatic rings. The second-order valence-corrected chi connectivity index (χ2v) is 8.19. The lowest BCUT2D eigenvalue weighted by Crippen LogP contribution is -2.40. The first-order valence-electron chi connectivity index (χ1n) is 10.7. The molecule has 0 radical (unpaired) electrons. The summed E-state index contributed by atoms with van der Waals surface area (Å²) in [5, 5.41) is 3.05. The van der Waals surface area contributed by atoms with E-state index >= 15 is 0 Å². The summed E-state index contributed by atoms with van der Waals surface area (Å²) in [4.78, 5) is 14.8. The molecule has 3 aromatic carbocycles. The predicted molar refractivity (Wildman–Crippen MR) is 119 cm³/mol. The third kappa shape index (κ3) is 4.04.